The van der Waals surface area contributed by atoms with Crippen LogP contribution in [0.5, 0.6) is 0 Å². The van der Waals surface area contributed by atoms with Crippen LogP contribution in [0.15, 0.2) is 97.1 Å². The molecule has 6 aromatic rings. The fourth-order valence-electron chi connectivity index (χ4n) is 4.39. The molecule has 0 aliphatic heterocycles. The zero-order chi connectivity index (χ0) is 20.1. The number of para-hydroxylation sites is 3. The summed E-state index contributed by atoms with van der Waals surface area (Å²) in [6.45, 7) is 1.95. The molecule has 0 saturated heterocycles. The predicted molar refractivity (Wildman–Crippen MR) is 124 cm³/mol. The molecule has 142 valence electrons. The van der Waals surface area contributed by atoms with Crippen LogP contribution in [0, 0.1) is 6.92 Å². The fourth-order valence-corrected chi connectivity index (χ4v) is 4.39. The number of hydrogen-bond acceptors (Lipinski definition) is 2. The summed E-state index contributed by atoms with van der Waals surface area (Å²) in [5.74, 6) is 0.785. The Morgan fingerprint density at radius 1 is 0.600 bits per heavy atom. The summed E-state index contributed by atoms with van der Waals surface area (Å²) in [7, 11) is 0. The van der Waals surface area contributed by atoms with Gasteiger partial charge in [-0.3, -0.25) is 0 Å². The first-order chi connectivity index (χ1) is 14.8. The number of rotatable bonds is 2. The Kier molecular flexibility index (Phi) is 3.68. The van der Waals surface area contributed by atoms with Gasteiger partial charge in [0.05, 0.1) is 22.2 Å². The van der Waals surface area contributed by atoms with Crippen molar-refractivity contribution in [2.24, 2.45) is 0 Å². The van der Waals surface area contributed by atoms with E-state index in [1.165, 1.54) is 21.8 Å². The highest BCUT2D eigenvalue weighted by molar-refractivity contribution is 6.10. The largest absolute Gasteiger partial charge is 0.309 e. The first-order valence-corrected chi connectivity index (χ1v) is 10.1. The Labute approximate surface area is 174 Å². The van der Waals surface area contributed by atoms with Crippen LogP contribution >= 0.6 is 0 Å². The molecule has 3 heteroatoms. The summed E-state index contributed by atoms with van der Waals surface area (Å²) in [4.78, 5) is 9.42. The topological polar surface area (TPSA) is 30.7 Å². The Hall–Kier alpha value is -3.98. The van der Waals surface area contributed by atoms with Gasteiger partial charge in [0.15, 0.2) is 0 Å². The lowest BCUT2D eigenvalue weighted by atomic mass is 10.0. The van der Waals surface area contributed by atoms with Crippen LogP contribution in [-0.4, -0.2) is 14.5 Å². The van der Waals surface area contributed by atoms with Crippen LogP contribution in [0.25, 0.3) is 49.7 Å². The third-order valence-corrected chi connectivity index (χ3v) is 5.68. The molecule has 0 radical (unpaired) electrons. The van der Waals surface area contributed by atoms with E-state index >= 15 is 0 Å². The van der Waals surface area contributed by atoms with E-state index < -0.39 is 0 Å². The maximum absolute atomic E-state index is 4.81. The van der Waals surface area contributed by atoms with Gasteiger partial charge in [0, 0.05) is 27.4 Å². The quantitative estimate of drug-likeness (QED) is 0.332. The van der Waals surface area contributed by atoms with Gasteiger partial charge >= 0.3 is 0 Å². The van der Waals surface area contributed by atoms with Gasteiger partial charge in [0.25, 0.3) is 0 Å². The van der Waals surface area contributed by atoms with Gasteiger partial charge in [-0.15, -0.1) is 0 Å². The molecule has 0 aliphatic rings. The lowest BCUT2D eigenvalue weighted by Crippen LogP contribution is -1.95. The van der Waals surface area contributed by atoms with Gasteiger partial charge in [-0.25, -0.2) is 9.97 Å². The van der Waals surface area contributed by atoms with E-state index in [2.05, 4.69) is 88.4 Å². The monoisotopic (exact) mass is 385 g/mol. The second kappa shape index (κ2) is 6.53. The molecule has 3 nitrogen and oxygen atoms in total. The molecule has 30 heavy (non-hydrogen) atoms. The van der Waals surface area contributed by atoms with Crippen LogP contribution < -0.4 is 0 Å². The van der Waals surface area contributed by atoms with Crippen molar-refractivity contribution in [2.75, 3.05) is 0 Å². The molecular formula is C27H19N3. The average molecular weight is 385 g/mol. The molecule has 2 heterocycles. The first-order valence-electron chi connectivity index (χ1n) is 10.1. The van der Waals surface area contributed by atoms with Gasteiger partial charge in [0.2, 0.25) is 0 Å². The van der Waals surface area contributed by atoms with E-state index in [1.807, 2.05) is 25.1 Å². The molecule has 0 fully saturated rings. The van der Waals surface area contributed by atoms with Crippen molar-refractivity contribution in [1.29, 1.82) is 0 Å². The average Bonchev–Trinajstić information content (AvgIpc) is 3.12. The molecule has 0 atom stereocenters. The molecule has 0 spiro atoms. The minimum Gasteiger partial charge on any atom is -0.309 e. The third-order valence-electron chi connectivity index (χ3n) is 5.68. The number of benzene rings is 4. The van der Waals surface area contributed by atoms with E-state index in [-0.39, 0.29) is 0 Å². The number of fused-ring (bicyclic) bond motifs is 4. The van der Waals surface area contributed by atoms with Crippen molar-refractivity contribution >= 4 is 32.7 Å². The summed E-state index contributed by atoms with van der Waals surface area (Å²) < 4.78 is 2.34. The van der Waals surface area contributed by atoms with E-state index in [4.69, 9.17) is 4.98 Å². The Bertz CT molecular complexity index is 1550. The second-order valence-corrected chi connectivity index (χ2v) is 7.56. The van der Waals surface area contributed by atoms with E-state index in [9.17, 15) is 0 Å². The molecule has 6 rings (SSSR count). The summed E-state index contributed by atoms with van der Waals surface area (Å²) in [5.41, 5.74) is 6.60. The summed E-state index contributed by atoms with van der Waals surface area (Å²) in [6, 6.07) is 34.0. The molecule has 0 saturated carbocycles. The zero-order valence-corrected chi connectivity index (χ0v) is 16.6. The van der Waals surface area contributed by atoms with Crippen molar-refractivity contribution < 1.29 is 0 Å². The van der Waals surface area contributed by atoms with Crippen LogP contribution in [0.4, 0.5) is 0 Å². The predicted octanol–water partition coefficient (Wildman–Crippen LogP) is 6.70. The van der Waals surface area contributed by atoms with E-state index in [0.29, 0.717) is 0 Å². The minimum atomic E-state index is 0.785. The van der Waals surface area contributed by atoms with Crippen molar-refractivity contribution in [3.8, 4) is 16.9 Å². The van der Waals surface area contributed by atoms with Crippen LogP contribution in [0.3, 0.4) is 0 Å². The van der Waals surface area contributed by atoms with Crippen molar-refractivity contribution in [3.63, 3.8) is 0 Å². The molecule has 4 aromatic carbocycles. The normalized spacial score (nSPS) is 11.5. The molecule has 0 amide bonds. The molecule has 2 aromatic heterocycles. The van der Waals surface area contributed by atoms with Gasteiger partial charge in [-0.2, -0.15) is 0 Å². The maximum atomic E-state index is 4.81. The maximum Gasteiger partial charge on any atom is 0.126 e. The van der Waals surface area contributed by atoms with Gasteiger partial charge in [0.1, 0.15) is 5.82 Å². The number of aryl methyl sites for hydroxylation is 1. The summed E-state index contributed by atoms with van der Waals surface area (Å²) in [5, 5.41) is 3.57. The zero-order valence-electron chi connectivity index (χ0n) is 16.6. The molecule has 0 N–H and O–H groups in total. The highest BCUT2D eigenvalue weighted by Crippen LogP contribution is 2.35. The van der Waals surface area contributed by atoms with Gasteiger partial charge in [-0.05, 0) is 37.3 Å². The Morgan fingerprint density at radius 2 is 1.30 bits per heavy atom. The van der Waals surface area contributed by atoms with Crippen LogP contribution in [-0.2, 0) is 0 Å². The molecule has 0 unspecified atom stereocenters. The summed E-state index contributed by atoms with van der Waals surface area (Å²) >= 11 is 0. The number of hydrogen-bond donors (Lipinski definition) is 0. The highest BCUT2D eigenvalue weighted by Gasteiger charge is 2.14. The van der Waals surface area contributed by atoms with Crippen LogP contribution in [0.1, 0.15) is 5.82 Å². The fraction of sp³-hybridized carbons (Fsp3) is 0.0370. The standard InChI is InChI=1S/C27H19N3/c1-18-28-24-13-7-5-12-23(24)27(29-18)19-15-16-22-21-11-6-8-14-25(21)30(26(22)17-19)20-9-3-2-4-10-20/h2-17H,1H3. The van der Waals surface area contributed by atoms with E-state index in [1.54, 1.807) is 0 Å². The number of nitrogens with zero attached hydrogens (tertiary/aromatic N) is 3. The molecular weight excluding hydrogens is 366 g/mol. The highest BCUT2D eigenvalue weighted by atomic mass is 15.0. The van der Waals surface area contributed by atoms with Gasteiger partial charge < -0.3 is 4.57 Å². The Balaban J connectivity index is 1.71. The number of aromatic nitrogens is 3. The van der Waals surface area contributed by atoms with Crippen molar-refractivity contribution in [1.82, 2.24) is 14.5 Å². The molecule has 0 bridgehead atoms. The lowest BCUT2D eigenvalue weighted by Gasteiger charge is -2.10. The van der Waals surface area contributed by atoms with Gasteiger partial charge in [-0.1, -0.05) is 66.7 Å². The van der Waals surface area contributed by atoms with Crippen molar-refractivity contribution in [2.45, 2.75) is 6.92 Å². The lowest BCUT2D eigenvalue weighted by molar-refractivity contribution is 1.10. The van der Waals surface area contributed by atoms with Crippen molar-refractivity contribution in [3.05, 3.63) is 103 Å². The molecule has 0 aliphatic carbocycles. The smallest absolute Gasteiger partial charge is 0.126 e. The second-order valence-electron chi connectivity index (χ2n) is 7.56. The minimum absolute atomic E-state index is 0.785. The Morgan fingerprint density at radius 3 is 2.17 bits per heavy atom. The third kappa shape index (κ3) is 2.52. The first kappa shape index (κ1) is 16.9. The van der Waals surface area contributed by atoms with Crippen LogP contribution in [0.2, 0.25) is 0 Å². The summed E-state index contributed by atoms with van der Waals surface area (Å²) in [6.07, 6.45) is 0. The van der Waals surface area contributed by atoms with E-state index in [0.717, 1.165) is 33.7 Å². The SMILES string of the molecule is Cc1nc(-c2ccc3c4ccccc4n(-c4ccccc4)c3c2)c2ccccc2n1.